The van der Waals surface area contributed by atoms with Crippen LogP contribution in [0, 0.1) is 29.1 Å². The van der Waals surface area contributed by atoms with E-state index in [4.69, 9.17) is 5.26 Å². The smallest absolute Gasteiger partial charge is 0.0991 e. The molecule has 0 aromatic heterocycles. The van der Waals surface area contributed by atoms with Crippen LogP contribution in [0.2, 0.25) is 0 Å². The molecule has 2 aromatic carbocycles. The van der Waals surface area contributed by atoms with Gasteiger partial charge in [0.2, 0.25) is 0 Å². The molecule has 0 N–H and O–H groups in total. The van der Waals surface area contributed by atoms with Gasteiger partial charge in [0, 0.05) is 5.56 Å². The molecule has 27 heavy (non-hydrogen) atoms. The first-order chi connectivity index (χ1) is 13.3. The van der Waals surface area contributed by atoms with Gasteiger partial charge in [-0.05, 0) is 85.4 Å². The molecular weight excluding hydrogens is 326 g/mol. The van der Waals surface area contributed by atoms with E-state index < -0.39 is 0 Å². The van der Waals surface area contributed by atoms with Crippen LogP contribution < -0.4 is 0 Å². The van der Waals surface area contributed by atoms with Gasteiger partial charge < -0.3 is 0 Å². The molecule has 1 aliphatic rings. The van der Waals surface area contributed by atoms with Crippen molar-refractivity contribution in [3.05, 3.63) is 82.9 Å². The highest BCUT2D eigenvalue weighted by molar-refractivity contribution is 5.41. The molecule has 0 amide bonds. The van der Waals surface area contributed by atoms with Crippen LogP contribution in [0.15, 0.2) is 60.7 Å². The zero-order valence-electron chi connectivity index (χ0n) is 16.1. The minimum atomic E-state index is 0.649. The van der Waals surface area contributed by atoms with Crippen LogP contribution in [0.1, 0.15) is 67.2 Å². The van der Waals surface area contributed by atoms with Gasteiger partial charge in [0.1, 0.15) is 0 Å². The Kier molecular flexibility index (Phi) is 6.90. The van der Waals surface area contributed by atoms with E-state index in [1.54, 1.807) is 0 Å². The highest BCUT2D eigenvalue weighted by Crippen LogP contribution is 2.36. The first-order valence-corrected chi connectivity index (χ1v) is 10.1. The Balaban J connectivity index is 1.48. The van der Waals surface area contributed by atoms with Crippen molar-refractivity contribution in [3.8, 4) is 17.9 Å². The predicted molar refractivity (Wildman–Crippen MR) is 112 cm³/mol. The number of nitriles is 1. The summed E-state index contributed by atoms with van der Waals surface area (Å²) in [5.41, 5.74) is 4.60. The molecule has 0 spiro atoms. The Bertz CT molecular complexity index is 846. The van der Waals surface area contributed by atoms with Gasteiger partial charge in [0.15, 0.2) is 0 Å². The maximum absolute atomic E-state index is 8.81. The molecule has 1 nitrogen and oxygen atoms in total. The van der Waals surface area contributed by atoms with Crippen molar-refractivity contribution in [3.63, 3.8) is 0 Å². The summed E-state index contributed by atoms with van der Waals surface area (Å²) in [5, 5.41) is 8.81. The average molecular weight is 354 g/mol. The molecule has 1 saturated carbocycles. The second kappa shape index (κ2) is 9.80. The number of hydrogen-bond donors (Lipinski definition) is 0. The van der Waals surface area contributed by atoms with Crippen molar-refractivity contribution in [2.75, 3.05) is 0 Å². The van der Waals surface area contributed by atoms with Gasteiger partial charge in [0.05, 0.1) is 11.6 Å². The summed E-state index contributed by atoms with van der Waals surface area (Å²) in [6, 6.07) is 18.8. The van der Waals surface area contributed by atoms with Crippen molar-refractivity contribution in [1.82, 2.24) is 0 Å². The van der Waals surface area contributed by atoms with Crippen molar-refractivity contribution < 1.29 is 0 Å². The summed E-state index contributed by atoms with van der Waals surface area (Å²) in [6.07, 6.45) is 11.7. The number of aryl methyl sites for hydroxylation is 1. The number of hydrogen-bond acceptors (Lipinski definition) is 1. The number of nitrogens with zero attached hydrogens (tertiary/aromatic N) is 1. The van der Waals surface area contributed by atoms with Crippen molar-refractivity contribution in [2.45, 2.75) is 51.4 Å². The van der Waals surface area contributed by atoms with Crippen LogP contribution in [0.5, 0.6) is 0 Å². The predicted octanol–water partition coefficient (Wildman–Crippen LogP) is 6.39. The van der Waals surface area contributed by atoms with Crippen molar-refractivity contribution in [1.29, 1.82) is 5.26 Å². The fourth-order valence-corrected chi connectivity index (χ4v) is 3.83. The van der Waals surface area contributed by atoms with E-state index in [9.17, 15) is 0 Å². The molecule has 1 aliphatic carbocycles. The second-order valence-corrected chi connectivity index (χ2v) is 7.42. The quantitative estimate of drug-likeness (QED) is 0.584. The molecule has 1 heteroatoms. The molecule has 0 saturated heterocycles. The number of benzene rings is 2. The van der Waals surface area contributed by atoms with Crippen LogP contribution >= 0.6 is 0 Å². The molecule has 1 fully saturated rings. The fraction of sp³-hybridized carbons (Fsp3) is 0.346. The van der Waals surface area contributed by atoms with E-state index in [2.05, 4.69) is 55.2 Å². The maximum Gasteiger partial charge on any atom is 0.0991 e. The largest absolute Gasteiger partial charge is 0.192 e. The van der Waals surface area contributed by atoms with Crippen LogP contribution in [0.25, 0.3) is 0 Å². The standard InChI is InChI=1S/C26H27N/c1-2-5-21-12-16-25(17-13-21)26-18-14-23(15-19-26)7-4-3-6-22-8-10-24(20-27)11-9-22/h4,7-13,16-17,23,26H,2,5,14-15,18-19H2,1H3/b7-4+. The third kappa shape index (κ3) is 5.60. The Morgan fingerprint density at radius 2 is 1.59 bits per heavy atom. The third-order valence-electron chi connectivity index (χ3n) is 5.44. The average Bonchev–Trinajstić information content (AvgIpc) is 2.73. The minimum Gasteiger partial charge on any atom is -0.192 e. The molecule has 0 radical (unpaired) electrons. The van der Waals surface area contributed by atoms with Crippen LogP contribution in [-0.4, -0.2) is 0 Å². The Labute approximate surface area is 163 Å². The van der Waals surface area contributed by atoms with Gasteiger partial charge in [-0.15, -0.1) is 0 Å². The lowest BCUT2D eigenvalue weighted by Crippen LogP contribution is -2.11. The fourth-order valence-electron chi connectivity index (χ4n) is 3.83. The summed E-state index contributed by atoms with van der Waals surface area (Å²) < 4.78 is 0. The zero-order chi connectivity index (χ0) is 18.9. The van der Waals surface area contributed by atoms with E-state index in [-0.39, 0.29) is 0 Å². The second-order valence-electron chi connectivity index (χ2n) is 7.42. The molecule has 0 atom stereocenters. The Morgan fingerprint density at radius 1 is 0.926 bits per heavy atom. The van der Waals surface area contributed by atoms with Crippen molar-refractivity contribution in [2.24, 2.45) is 5.92 Å². The summed E-state index contributed by atoms with van der Waals surface area (Å²) in [4.78, 5) is 0. The first-order valence-electron chi connectivity index (χ1n) is 10.1. The van der Waals surface area contributed by atoms with Gasteiger partial charge in [-0.3, -0.25) is 0 Å². The van der Waals surface area contributed by atoms with Gasteiger partial charge in [0.25, 0.3) is 0 Å². The molecule has 136 valence electrons. The number of allylic oxidation sites excluding steroid dienone is 2. The SMILES string of the molecule is CCCc1ccc(C2CCC(/C=C/C#Cc3ccc(C#N)cc3)CC2)cc1. The summed E-state index contributed by atoms with van der Waals surface area (Å²) >= 11 is 0. The Morgan fingerprint density at radius 3 is 2.22 bits per heavy atom. The minimum absolute atomic E-state index is 0.649. The van der Waals surface area contributed by atoms with E-state index in [0.29, 0.717) is 11.5 Å². The molecule has 0 bridgehead atoms. The van der Waals surface area contributed by atoms with Gasteiger partial charge in [-0.25, -0.2) is 0 Å². The zero-order valence-corrected chi connectivity index (χ0v) is 16.1. The lowest BCUT2D eigenvalue weighted by Gasteiger charge is -2.27. The molecule has 2 aromatic rings. The van der Waals surface area contributed by atoms with E-state index in [1.165, 1.54) is 49.7 Å². The summed E-state index contributed by atoms with van der Waals surface area (Å²) in [6.45, 7) is 2.23. The normalized spacial score (nSPS) is 19.3. The highest BCUT2D eigenvalue weighted by Gasteiger charge is 2.20. The van der Waals surface area contributed by atoms with Crippen molar-refractivity contribution >= 4 is 0 Å². The van der Waals surface area contributed by atoms with E-state index in [1.807, 2.05) is 30.3 Å². The molecular formula is C26H27N. The monoisotopic (exact) mass is 353 g/mol. The first kappa shape index (κ1) is 19.0. The van der Waals surface area contributed by atoms with Crippen LogP contribution in [0.3, 0.4) is 0 Å². The molecule has 0 aliphatic heterocycles. The van der Waals surface area contributed by atoms with Gasteiger partial charge in [-0.1, -0.05) is 55.5 Å². The van der Waals surface area contributed by atoms with Gasteiger partial charge >= 0.3 is 0 Å². The number of rotatable bonds is 4. The summed E-state index contributed by atoms with van der Waals surface area (Å²) in [5.74, 6) is 7.64. The lowest BCUT2D eigenvalue weighted by atomic mass is 9.78. The third-order valence-corrected chi connectivity index (χ3v) is 5.44. The highest BCUT2D eigenvalue weighted by atomic mass is 14.3. The van der Waals surface area contributed by atoms with Crippen LogP contribution in [-0.2, 0) is 6.42 Å². The topological polar surface area (TPSA) is 23.8 Å². The van der Waals surface area contributed by atoms with Crippen LogP contribution in [0.4, 0.5) is 0 Å². The van der Waals surface area contributed by atoms with E-state index in [0.717, 1.165) is 11.5 Å². The molecule has 0 heterocycles. The molecule has 3 rings (SSSR count). The Hall–Kier alpha value is -2.77. The van der Waals surface area contributed by atoms with Gasteiger partial charge in [-0.2, -0.15) is 5.26 Å². The summed E-state index contributed by atoms with van der Waals surface area (Å²) in [7, 11) is 0. The van der Waals surface area contributed by atoms with E-state index >= 15 is 0 Å². The maximum atomic E-state index is 8.81. The molecule has 0 unspecified atom stereocenters. The lowest BCUT2D eigenvalue weighted by molar-refractivity contribution is 0.376.